The number of likely N-dealkylation sites (N-methyl/N-ethyl adjacent to an activating group) is 1. The molecule has 1 N–H and O–H groups in total. The van der Waals surface area contributed by atoms with Gasteiger partial charge in [0.2, 0.25) is 10.0 Å². The molecule has 0 heterocycles. The fourth-order valence-electron chi connectivity index (χ4n) is 2.73. The molecular weight excluding hydrogens is 363 g/mol. The van der Waals surface area contributed by atoms with E-state index in [1.54, 1.807) is 0 Å². The monoisotopic (exact) mass is 386 g/mol. The second kappa shape index (κ2) is 8.59. The molecular formula is C17H23FN2O5S. The Morgan fingerprint density at radius 1 is 1.27 bits per heavy atom. The lowest BCUT2D eigenvalue weighted by molar-refractivity contribution is -0.155. The summed E-state index contributed by atoms with van der Waals surface area (Å²) in [6.45, 7) is 0.886. The molecule has 0 bridgehead atoms. The van der Waals surface area contributed by atoms with Gasteiger partial charge in [-0.1, -0.05) is 12.8 Å². The molecule has 1 amide bonds. The highest BCUT2D eigenvalue weighted by molar-refractivity contribution is 7.89. The molecule has 0 aliphatic heterocycles. The van der Waals surface area contributed by atoms with Crippen molar-refractivity contribution < 1.29 is 27.1 Å². The Hall–Kier alpha value is -2.00. The zero-order chi connectivity index (χ0) is 19.3. The number of nitrogens with one attached hydrogen (secondary N) is 1. The fourth-order valence-corrected chi connectivity index (χ4v) is 3.85. The summed E-state index contributed by atoms with van der Waals surface area (Å²) in [6, 6.07) is 4.38. The Balaban J connectivity index is 1.89. The van der Waals surface area contributed by atoms with Crippen molar-refractivity contribution in [3.63, 3.8) is 0 Å². The van der Waals surface area contributed by atoms with E-state index in [1.807, 2.05) is 0 Å². The highest BCUT2D eigenvalue weighted by Crippen LogP contribution is 2.18. The average Bonchev–Trinajstić information content (AvgIpc) is 3.07. The first-order valence-corrected chi connectivity index (χ1v) is 9.86. The molecule has 0 aromatic heterocycles. The maximum Gasteiger partial charge on any atom is 0.322 e. The number of carbonyl (C=O) groups is 2. The summed E-state index contributed by atoms with van der Waals surface area (Å²) in [5, 5.41) is 2.82. The van der Waals surface area contributed by atoms with Crippen LogP contribution in [0, 0.1) is 5.82 Å². The SMILES string of the molecule is C[C@@H](OC(=O)CN(C)S(=O)(=O)c1ccc(F)cc1)C(=O)NC1CCCC1. The van der Waals surface area contributed by atoms with Crippen molar-refractivity contribution in [2.45, 2.75) is 49.6 Å². The van der Waals surface area contributed by atoms with E-state index in [0.717, 1.165) is 54.3 Å². The van der Waals surface area contributed by atoms with Gasteiger partial charge in [-0.2, -0.15) is 4.31 Å². The van der Waals surface area contributed by atoms with Crippen molar-refractivity contribution in [1.29, 1.82) is 0 Å². The molecule has 7 nitrogen and oxygen atoms in total. The van der Waals surface area contributed by atoms with Crippen LogP contribution in [0.1, 0.15) is 32.6 Å². The van der Waals surface area contributed by atoms with Gasteiger partial charge in [0.25, 0.3) is 5.91 Å². The third-order valence-electron chi connectivity index (χ3n) is 4.25. The lowest BCUT2D eigenvalue weighted by Crippen LogP contribution is -2.42. The van der Waals surface area contributed by atoms with Gasteiger partial charge >= 0.3 is 5.97 Å². The lowest BCUT2D eigenvalue weighted by Gasteiger charge is -2.19. The van der Waals surface area contributed by atoms with Crippen molar-refractivity contribution in [3.8, 4) is 0 Å². The quantitative estimate of drug-likeness (QED) is 0.716. The number of ether oxygens (including phenoxy) is 1. The lowest BCUT2D eigenvalue weighted by atomic mass is 10.2. The summed E-state index contributed by atoms with van der Waals surface area (Å²) in [5.74, 6) is -1.80. The van der Waals surface area contributed by atoms with E-state index in [1.165, 1.54) is 14.0 Å². The van der Waals surface area contributed by atoms with E-state index < -0.39 is 40.4 Å². The molecule has 0 radical (unpaired) electrons. The van der Waals surface area contributed by atoms with Crippen molar-refractivity contribution in [2.75, 3.05) is 13.6 Å². The summed E-state index contributed by atoms with van der Waals surface area (Å²) in [5.41, 5.74) is 0. The van der Waals surface area contributed by atoms with Crippen LogP contribution in [0.2, 0.25) is 0 Å². The van der Waals surface area contributed by atoms with Crippen LogP contribution >= 0.6 is 0 Å². The Morgan fingerprint density at radius 2 is 1.85 bits per heavy atom. The highest BCUT2D eigenvalue weighted by atomic mass is 32.2. The summed E-state index contributed by atoms with van der Waals surface area (Å²) in [6.07, 6.45) is 2.93. The van der Waals surface area contributed by atoms with E-state index in [2.05, 4.69) is 5.32 Å². The molecule has 144 valence electrons. The number of carbonyl (C=O) groups excluding carboxylic acids is 2. The molecule has 2 rings (SSSR count). The fraction of sp³-hybridized carbons (Fsp3) is 0.529. The van der Waals surface area contributed by atoms with Crippen LogP contribution < -0.4 is 5.32 Å². The molecule has 1 aromatic rings. The van der Waals surface area contributed by atoms with Crippen molar-refractivity contribution in [1.82, 2.24) is 9.62 Å². The molecule has 1 fully saturated rings. The van der Waals surface area contributed by atoms with Gasteiger partial charge in [-0.3, -0.25) is 9.59 Å². The minimum atomic E-state index is -3.96. The van der Waals surface area contributed by atoms with Crippen molar-refractivity contribution >= 4 is 21.9 Å². The number of benzene rings is 1. The number of nitrogens with zero attached hydrogens (tertiary/aromatic N) is 1. The van der Waals surface area contributed by atoms with Gasteiger partial charge < -0.3 is 10.1 Å². The van der Waals surface area contributed by atoms with Crippen molar-refractivity contribution in [2.24, 2.45) is 0 Å². The van der Waals surface area contributed by atoms with Crippen LogP contribution in [0.4, 0.5) is 4.39 Å². The molecule has 1 aliphatic rings. The average molecular weight is 386 g/mol. The van der Waals surface area contributed by atoms with Crippen LogP contribution in [0.25, 0.3) is 0 Å². The van der Waals surface area contributed by atoms with Gasteiger partial charge in [-0.15, -0.1) is 0 Å². The van der Waals surface area contributed by atoms with Gasteiger partial charge in [0, 0.05) is 13.1 Å². The van der Waals surface area contributed by atoms with E-state index in [-0.39, 0.29) is 10.9 Å². The van der Waals surface area contributed by atoms with E-state index in [0.29, 0.717) is 0 Å². The first kappa shape index (κ1) is 20.3. The van der Waals surface area contributed by atoms with E-state index in [9.17, 15) is 22.4 Å². The van der Waals surface area contributed by atoms with Crippen LogP contribution in [0.15, 0.2) is 29.2 Å². The molecule has 26 heavy (non-hydrogen) atoms. The molecule has 0 spiro atoms. The molecule has 1 atom stereocenters. The summed E-state index contributed by atoms with van der Waals surface area (Å²) in [4.78, 5) is 23.8. The van der Waals surface area contributed by atoms with Gasteiger partial charge in [0.15, 0.2) is 6.10 Å². The largest absolute Gasteiger partial charge is 0.452 e. The number of esters is 1. The third kappa shape index (κ3) is 5.25. The van der Waals surface area contributed by atoms with Gasteiger partial charge in [0.1, 0.15) is 12.4 Å². The van der Waals surface area contributed by atoms with Crippen LogP contribution in [0.3, 0.4) is 0 Å². The normalized spacial score (nSPS) is 16.5. The van der Waals surface area contributed by atoms with Crippen LogP contribution in [-0.4, -0.2) is 50.3 Å². The van der Waals surface area contributed by atoms with E-state index >= 15 is 0 Å². The number of hydrogen-bond donors (Lipinski definition) is 1. The topological polar surface area (TPSA) is 92.8 Å². The highest BCUT2D eigenvalue weighted by Gasteiger charge is 2.27. The predicted octanol–water partition coefficient (Wildman–Crippen LogP) is 1.44. The molecule has 0 unspecified atom stereocenters. The molecule has 1 aliphatic carbocycles. The number of amides is 1. The van der Waals surface area contributed by atoms with Crippen LogP contribution in [0.5, 0.6) is 0 Å². The Labute approximate surface area is 152 Å². The Bertz CT molecular complexity index is 745. The predicted molar refractivity (Wildman–Crippen MR) is 92.2 cm³/mol. The smallest absolute Gasteiger partial charge is 0.322 e. The maximum atomic E-state index is 12.9. The Kier molecular flexibility index (Phi) is 6.71. The van der Waals surface area contributed by atoms with Crippen molar-refractivity contribution in [3.05, 3.63) is 30.1 Å². The van der Waals surface area contributed by atoms with Gasteiger partial charge in [-0.25, -0.2) is 12.8 Å². The summed E-state index contributed by atoms with van der Waals surface area (Å²) >= 11 is 0. The first-order chi connectivity index (χ1) is 12.2. The van der Waals surface area contributed by atoms with Gasteiger partial charge in [-0.05, 0) is 44.0 Å². The number of sulfonamides is 1. The first-order valence-electron chi connectivity index (χ1n) is 8.42. The molecule has 0 saturated heterocycles. The summed E-state index contributed by atoms with van der Waals surface area (Å²) in [7, 11) is -2.75. The summed E-state index contributed by atoms with van der Waals surface area (Å²) < 4.78 is 43.4. The standard InChI is InChI=1S/C17H23FN2O5S/c1-12(17(22)19-14-5-3-4-6-14)25-16(21)11-20(2)26(23,24)15-9-7-13(18)8-10-15/h7-10,12,14H,3-6,11H2,1-2H3,(H,19,22)/t12-/m1/s1. The van der Waals surface area contributed by atoms with E-state index in [4.69, 9.17) is 4.74 Å². The number of rotatable bonds is 7. The Morgan fingerprint density at radius 3 is 2.42 bits per heavy atom. The number of hydrogen-bond acceptors (Lipinski definition) is 5. The number of halogens is 1. The maximum absolute atomic E-state index is 12.9. The molecule has 1 aromatic carbocycles. The second-order valence-corrected chi connectivity index (χ2v) is 8.38. The van der Waals surface area contributed by atoms with Gasteiger partial charge in [0.05, 0.1) is 4.90 Å². The minimum absolute atomic E-state index is 0.102. The van der Waals surface area contributed by atoms with Crippen LogP contribution in [-0.2, 0) is 24.3 Å². The minimum Gasteiger partial charge on any atom is -0.452 e. The molecule has 1 saturated carbocycles. The molecule has 9 heteroatoms. The zero-order valence-electron chi connectivity index (χ0n) is 14.8. The second-order valence-electron chi connectivity index (χ2n) is 6.34. The zero-order valence-corrected chi connectivity index (χ0v) is 15.6. The third-order valence-corrected chi connectivity index (χ3v) is 6.07.